The van der Waals surface area contributed by atoms with E-state index in [9.17, 15) is 9.90 Å². The van der Waals surface area contributed by atoms with Gasteiger partial charge >= 0.3 is 0 Å². The van der Waals surface area contributed by atoms with Crippen LogP contribution in [0, 0.1) is 0 Å². The Balaban J connectivity index is 0.00000256. The summed E-state index contributed by atoms with van der Waals surface area (Å²) in [5.41, 5.74) is 3.40. The number of aromatic amines is 1. The number of phenolic OH excluding ortho intramolecular Hbond substituents is 1. The van der Waals surface area contributed by atoms with Gasteiger partial charge in [-0.05, 0) is 68.0 Å². The van der Waals surface area contributed by atoms with Crippen molar-refractivity contribution in [2.75, 3.05) is 32.1 Å². The molecule has 8 nitrogen and oxygen atoms in total. The summed E-state index contributed by atoms with van der Waals surface area (Å²) in [7, 11) is 1.63. The van der Waals surface area contributed by atoms with E-state index in [1.807, 2.05) is 0 Å². The number of fused-ring (bicyclic) bond motifs is 1. The summed E-state index contributed by atoms with van der Waals surface area (Å²) in [6.07, 6.45) is 5.03. The van der Waals surface area contributed by atoms with Gasteiger partial charge < -0.3 is 25.0 Å². The second-order valence-electron chi connectivity index (χ2n) is 7.90. The summed E-state index contributed by atoms with van der Waals surface area (Å²) in [6.45, 7) is 5.48. The average molecular weight is 402 g/mol. The van der Waals surface area contributed by atoms with Crippen LogP contribution in [0.3, 0.4) is 0 Å². The van der Waals surface area contributed by atoms with Crippen LogP contribution in [0.25, 0.3) is 11.4 Å². The number of aryl methyl sites for hydroxylation is 1. The third kappa shape index (κ3) is 4.00. The molecule has 1 saturated heterocycles. The van der Waals surface area contributed by atoms with E-state index in [2.05, 4.69) is 32.3 Å². The average Bonchev–Trinajstić information content (AvgIpc) is 3.18. The topological polar surface area (TPSA) is 103 Å². The highest BCUT2D eigenvalue weighted by Gasteiger charge is 2.25. The zero-order valence-corrected chi connectivity index (χ0v) is 17.1. The maximum Gasteiger partial charge on any atom is 0.294 e. The lowest BCUT2D eigenvalue weighted by atomic mass is 9.96. The molecule has 0 spiro atoms. The molecule has 158 valence electrons. The van der Waals surface area contributed by atoms with Crippen LogP contribution in [0.1, 0.15) is 44.3 Å². The van der Waals surface area contributed by atoms with Crippen LogP contribution in [0.5, 0.6) is 5.75 Å². The molecule has 8 heteroatoms. The number of benzene rings is 1. The Morgan fingerprint density at radius 2 is 2.24 bits per heavy atom. The smallest absolute Gasteiger partial charge is 0.294 e. The Morgan fingerprint density at radius 3 is 3.00 bits per heavy atom. The minimum absolute atomic E-state index is 0. The molecule has 2 heterocycles. The number of nitrogens with zero attached hydrogens (tertiary/aromatic N) is 3. The molecule has 4 rings (SSSR count). The quantitative estimate of drug-likeness (QED) is 0.682. The number of hydrogen-bond acceptors (Lipinski definition) is 7. The van der Waals surface area contributed by atoms with Crippen LogP contribution in [0.15, 0.2) is 10.9 Å². The summed E-state index contributed by atoms with van der Waals surface area (Å²) < 4.78 is 5.38. The molecule has 1 atom stereocenters. The van der Waals surface area contributed by atoms with Gasteiger partial charge in [0, 0.05) is 21.1 Å². The van der Waals surface area contributed by atoms with Gasteiger partial charge in [0.2, 0.25) is 5.82 Å². The van der Waals surface area contributed by atoms with E-state index in [-0.39, 0.29) is 30.4 Å². The van der Waals surface area contributed by atoms with E-state index in [1.54, 1.807) is 13.2 Å². The molecule has 0 bridgehead atoms. The van der Waals surface area contributed by atoms with E-state index in [0.717, 1.165) is 62.9 Å². The van der Waals surface area contributed by atoms with Crippen LogP contribution >= 0.6 is 0 Å². The maximum atomic E-state index is 12.7. The second-order valence-corrected chi connectivity index (χ2v) is 7.90. The van der Waals surface area contributed by atoms with Crippen molar-refractivity contribution < 1.29 is 11.3 Å². The van der Waals surface area contributed by atoms with Crippen molar-refractivity contribution in [1.29, 1.82) is 0 Å². The molecular weight excluding hydrogens is 370 g/mol. The van der Waals surface area contributed by atoms with Gasteiger partial charge in [0.1, 0.15) is 5.75 Å². The number of likely N-dealkylation sites (N-methyl/N-ethyl adjacent to an activating group) is 1. The highest BCUT2D eigenvalue weighted by atomic mass is 16.5. The van der Waals surface area contributed by atoms with Crippen molar-refractivity contribution in [2.24, 2.45) is 0 Å². The van der Waals surface area contributed by atoms with Crippen LogP contribution in [0.2, 0.25) is 0 Å². The Hall–Kier alpha value is -2.45. The molecule has 2 aliphatic rings. The molecule has 0 amide bonds. The third-order valence-electron chi connectivity index (χ3n) is 6.01. The number of H-pyrrole nitrogens is 1. The molecule has 1 aliphatic heterocycles. The number of aromatic nitrogens is 3. The van der Waals surface area contributed by atoms with Crippen LogP contribution in [0.4, 0.5) is 5.82 Å². The Morgan fingerprint density at radius 1 is 1.38 bits per heavy atom. The van der Waals surface area contributed by atoms with Gasteiger partial charge in [-0.3, -0.25) is 4.79 Å². The second kappa shape index (κ2) is 8.51. The van der Waals surface area contributed by atoms with Gasteiger partial charge in [-0.2, -0.15) is 0 Å². The van der Waals surface area contributed by atoms with Gasteiger partial charge in [0.15, 0.2) is 5.82 Å². The van der Waals surface area contributed by atoms with Crippen molar-refractivity contribution >= 4 is 5.82 Å². The number of hydrogen-bond donors (Lipinski definition) is 3. The lowest BCUT2D eigenvalue weighted by Gasteiger charge is -2.32. The van der Waals surface area contributed by atoms with E-state index >= 15 is 0 Å². The summed E-state index contributed by atoms with van der Waals surface area (Å²) in [5.74, 6) is 0.610. The van der Waals surface area contributed by atoms with E-state index in [1.165, 1.54) is 5.56 Å². The first kappa shape index (κ1) is 19.8. The van der Waals surface area contributed by atoms with Crippen molar-refractivity contribution in [1.82, 2.24) is 20.1 Å². The SMILES string of the molecule is CCN1CCC[C@@H](Nc2nnc(-c3c(O)cc4c(c3COC)CCC4)[nH]c2=O)C1.[HH]. The number of aromatic hydroxyl groups is 1. The monoisotopic (exact) mass is 401 g/mol. The maximum absolute atomic E-state index is 12.7. The molecule has 2 aromatic rings. The highest BCUT2D eigenvalue weighted by molar-refractivity contribution is 5.71. The lowest BCUT2D eigenvalue weighted by Crippen LogP contribution is -2.43. The number of methoxy groups -OCH3 is 1. The van der Waals surface area contributed by atoms with Gasteiger partial charge in [-0.25, -0.2) is 0 Å². The van der Waals surface area contributed by atoms with Crippen LogP contribution in [-0.2, 0) is 24.2 Å². The van der Waals surface area contributed by atoms with Crippen molar-refractivity contribution in [3.63, 3.8) is 0 Å². The van der Waals surface area contributed by atoms with E-state index in [4.69, 9.17) is 4.74 Å². The number of anilines is 1. The number of piperidine rings is 1. The number of likely N-dealkylation sites (tertiary alicyclic amines) is 1. The minimum atomic E-state index is -0.327. The first-order valence-corrected chi connectivity index (χ1v) is 10.4. The first-order valence-electron chi connectivity index (χ1n) is 10.4. The Kier molecular flexibility index (Phi) is 5.82. The standard InChI is InChI=1S/C21H29N5O3.H2/c1-3-26-9-5-7-14(11-26)22-20-21(28)23-19(24-25-20)18-16(12-29-2)15-8-4-6-13(15)10-17(18)27;/h10,14,27H,3-9,11-12H2,1-2H3,(H,22,25)(H,23,24,28);1H/t14-;/m1./s1. The van der Waals surface area contributed by atoms with E-state index in [0.29, 0.717) is 12.2 Å². The highest BCUT2D eigenvalue weighted by Crippen LogP contribution is 2.38. The predicted octanol–water partition coefficient (Wildman–Crippen LogP) is 2.31. The normalized spacial score (nSPS) is 19.3. The van der Waals surface area contributed by atoms with Gasteiger partial charge in [0.05, 0.1) is 12.2 Å². The summed E-state index contributed by atoms with van der Waals surface area (Å²) in [6, 6.07) is 1.96. The molecule has 1 fully saturated rings. The van der Waals surface area contributed by atoms with Crippen molar-refractivity contribution in [3.05, 3.63) is 33.1 Å². The molecule has 1 aromatic carbocycles. The van der Waals surface area contributed by atoms with Gasteiger partial charge in [-0.1, -0.05) is 6.92 Å². The van der Waals surface area contributed by atoms with Gasteiger partial charge in [-0.15, -0.1) is 10.2 Å². The fourth-order valence-corrected chi connectivity index (χ4v) is 4.58. The molecule has 3 N–H and O–H groups in total. The van der Waals surface area contributed by atoms with Crippen LogP contribution < -0.4 is 10.9 Å². The summed E-state index contributed by atoms with van der Waals surface area (Å²) >= 11 is 0. The molecule has 0 radical (unpaired) electrons. The molecule has 29 heavy (non-hydrogen) atoms. The Bertz CT molecular complexity index is 949. The number of ether oxygens (including phenoxy) is 1. The minimum Gasteiger partial charge on any atom is -0.507 e. The van der Waals surface area contributed by atoms with Gasteiger partial charge in [0.25, 0.3) is 5.56 Å². The number of rotatable bonds is 6. The predicted molar refractivity (Wildman–Crippen MR) is 113 cm³/mol. The largest absolute Gasteiger partial charge is 0.507 e. The Labute approximate surface area is 171 Å². The zero-order chi connectivity index (χ0) is 20.4. The zero-order valence-electron chi connectivity index (χ0n) is 17.1. The molecule has 1 aliphatic carbocycles. The number of phenols is 1. The van der Waals surface area contributed by atoms with Crippen molar-refractivity contribution in [2.45, 2.75) is 51.7 Å². The molecule has 1 aromatic heterocycles. The fraction of sp³-hybridized carbons (Fsp3) is 0.571. The number of nitrogens with one attached hydrogen (secondary N) is 2. The third-order valence-corrected chi connectivity index (χ3v) is 6.01. The summed E-state index contributed by atoms with van der Waals surface area (Å²) in [4.78, 5) is 17.9. The van der Waals surface area contributed by atoms with Crippen molar-refractivity contribution in [3.8, 4) is 17.1 Å². The molecule has 0 unspecified atom stereocenters. The van der Waals surface area contributed by atoms with E-state index < -0.39 is 0 Å². The first-order chi connectivity index (χ1) is 14.1. The molecule has 0 saturated carbocycles. The summed E-state index contributed by atoms with van der Waals surface area (Å²) in [5, 5.41) is 22.3. The fourth-order valence-electron chi connectivity index (χ4n) is 4.58. The molecular formula is C21H31N5O3. The lowest BCUT2D eigenvalue weighted by molar-refractivity contribution is 0.184. The van der Waals surface area contributed by atoms with Crippen LogP contribution in [-0.4, -0.2) is 58.0 Å².